The topological polar surface area (TPSA) is 36.7 Å². The first kappa shape index (κ1) is 58.2. The normalized spacial score (nSPS) is 13.5. The van der Waals surface area contributed by atoms with Gasteiger partial charge >= 0.3 is 0 Å². The van der Waals surface area contributed by atoms with Crippen molar-refractivity contribution in [2.45, 2.75) is 128 Å². The molecule has 1 radical (unpaired) electrons. The van der Waals surface area contributed by atoms with Crippen LogP contribution >= 0.6 is 11.8 Å². The Bertz CT molecular complexity index is 4770. The summed E-state index contributed by atoms with van der Waals surface area (Å²) in [6.45, 7) is 32.1. The number of fused-ring (bicyclic) bond motifs is 14. The van der Waals surface area contributed by atoms with Gasteiger partial charge in [-0.05, 0) is 157 Å². The molecular formula is C78H71BFIrN5S-2. The Morgan fingerprint density at radius 1 is 0.540 bits per heavy atom. The fraction of sp³-hybridized carbons (Fsp3) is 0.231. The molecule has 0 unspecified atom stereocenters. The first-order chi connectivity index (χ1) is 40.9. The van der Waals surface area contributed by atoms with Gasteiger partial charge in [0.25, 0.3) is 6.71 Å². The Hall–Kier alpha value is -7.81. The number of benzene rings is 9. The van der Waals surface area contributed by atoms with Gasteiger partial charge in [-0.2, -0.15) is 0 Å². The van der Waals surface area contributed by atoms with E-state index in [1.165, 1.54) is 105 Å². The molecule has 87 heavy (non-hydrogen) atoms. The second-order valence-corrected chi connectivity index (χ2v) is 29.1. The monoisotopic (exact) mass is 1330 g/mol. The van der Waals surface area contributed by atoms with Crippen LogP contribution in [0.15, 0.2) is 186 Å². The van der Waals surface area contributed by atoms with E-state index in [1.54, 1.807) is 6.07 Å². The molecule has 9 aromatic carbocycles. The summed E-state index contributed by atoms with van der Waals surface area (Å²) >= 11 is 1.95. The van der Waals surface area contributed by atoms with E-state index in [2.05, 4.69) is 254 Å². The Kier molecular flexibility index (Phi) is 14.0. The molecule has 9 heteroatoms. The van der Waals surface area contributed by atoms with Gasteiger partial charge in [0, 0.05) is 75.7 Å². The first-order valence-electron chi connectivity index (χ1n) is 30.2. The number of nitrogens with zero attached hydrogens (tertiary/aromatic N) is 5. The maximum Gasteiger partial charge on any atom is 0.252 e. The van der Waals surface area contributed by atoms with Crippen LogP contribution in [0.25, 0.3) is 60.7 Å². The van der Waals surface area contributed by atoms with Gasteiger partial charge in [0.15, 0.2) is 0 Å². The SMILES string of the molecule is CC(C)(C)c1ccc(N2c3ccc(C(C)(C)C)cc3B3c4cc(C(C)(C)C)cc5c4N(c4ccc(C(C)(C)C)cc4S5)c4cc(-c5cccc6nc7c8[c-]cccc8c8ccccc8n7c56)cc2c43)cc1.Cc1cnc(-c2[c-]cc(F)cc2)cc1C.[Ir]. The van der Waals surface area contributed by atoms with Gasteiger partial charge in [0.1, 0.15) is 0 Å². The summed E-state index contributed by atoms with van der Waals surface area (Å²) in [6, 6.07) is 68.8. The van der Waals surface area contributed by atoms with Crippen molar-refractivity contribution in [2.24, 2.45) is 0 Å². The van der Waals surface area contributed by atoms with E-state index in [4.69, 9.17) is 4.98 Å². The first-order valence-corrected chi connectivity index (χ1v) is 31.0. The van der Waals surface area contributed by atoms with E-state index >= 15 is 0 Å². The third-order valence-electron chi connectivity index (χ3n) is 18.1. The van der Waals surface area contributed by atoms with Crippen LogP contribution in [0.3, 0.4) is 0 Å². The molecule has 5 nitrogen and oxygen atoms in total. The molecule has 0 amide bonds. The van der Waals surface area contributed by atoms with Crippen LogP contribution < -0.4 is 26.2 Å². The molecular weight excluding hydrogens is 1260 g/mol. The zero-order valence-corrected chi connectivity index (χ0v) is 55.4. The van der Waals surface area contributed by atoms with E-state index in [0.29, 0.717) is 0 Å². The van der Waals surface area contributed by atoms with Crippen molar-refractivity contribution in [3.63, 3.8) is 0 Å². The van der Waals surface area contributed by atoms with Crippen molar-refractivity contribution in [1.29, 1.82) is 0 Å². The molecule has 0 bridgehead atoms. The van der Waals surface area contributed by atoms with Gasteiger partial charge in [-0.15, -0.1) is 59.5 Å². The standard InChI is InChI=1S/C65H60BN4S.C13H11FN.Ir/c1-62(2,3)39-24-28-43(29-25-39)68-52-30-26-40(63(4,5)6)34-48(52)66-49-35-42(65(10,11)12)37-57-60(49)69(53-31-27-41(64(7,8)9)36-56(53)71-57)55-33-38(32-54(68)58(55)66)44-21-17-22-50-59(44)70-51-23-16-15-19-46(51)45-18-13-14-20-47(45)61(70)67-50;1-9-7-13(15-8-10(9)2)11-3-5-12(14)6-4-11;/h13-19,21-37H,1-12H3;3,5-8H,1-2H3;/q2*-1;. The van der Waals surface area contributed by atoms with Crippen LogP contribution in [0.1, 0.15) is 116 Å². The van der Waals surface area contributed by atoms with Crippen LogP contribution in [0.4, 0.5) is 38.5 Å². The van der Waals surface area contributed by atoms with E-state index in [9.17, 15) is 4.39 Å². The third-order valence-corrected chi connectivity index (χ3v) is 19.1. The summed E-state index contributed by atoms with van der Waals surface area (Å²) in [5.41, 5.74) is 27.1. The number of hydrogen-bond acceptors (Lipinski definition) is 5. The van der Waals surface area contributed by atoms with Gasteiger partial charge in [-0.3, -0.25) is 9.37 Å². The van der Waals surface area contributed by atoms with E-state index in [0.717, 1.165) is 61.2 Å². The molecule has 0 saturated heterocycles. The van der Waals surface area contributed by atoms with Crippen molar-refractivity contribution >= 4 is 107 Å². The van der Waals surface area contributed by atoms with Crippen LogP contribution in [-0.2, 0) is 41.8 Å². The molecule has 3 aromatic heterocycles. The fourth-order valence-corrected chi connectivity index (χ4v) is 14.3. The second-order valence-electron chi connectivity index (χ2n) is 28.0. The Morgan fingerprint density at radius 2 is 1.18 bits per heavy atom. The Balaban J connectivity index is 0.000000383. The number of halogens is 1. The summed E-state index contributed by atoms with van der Waals surface area (Å²) in [4.78, 5) is 17.6. The number of imidazole rings is 1. The molecule has 15 rings (SSSR count). The van der Waals surface area contributed by atoms with Crippen LogP contribution in [-0.4, -0.2) is 21.1 Å². The molecule has 0 aliphatic carbocycles. The zero-order chi connectivity index (χ0) is 60.1. The zero-order valence-electron chi connectivity index (χ0n) is 52.2. The van der Waals surface area contributed by atoms with Gasteiger partial charge in [-0.1, -0.05) is 179 Å². The molecule has 0 atom stereocenters. The van der Waals surface area contributed by atoms with Crippen molar-refractivity contribution in [1.82, 2.24) is 14.4 Å². The number of para-hydroxylation sites is 2. The maximum atomic E-state index is 12.7. The average Bonchev–Trinajstić information content (AvgIpc) is 1.16. The van der Waals surface area contributed by atoms with Gasteiger partial charge in [0.05, 0.1) is 28.1 Å². The molecule has 12 aromatic rings. The van der Waals surface area contributed by atoms with Crippen molar-refractivity contribution in [3.05, 3.63) is 227 Å². The molecule has 3 aliphatic rings. The molecule has 0 N–H and O–H groups in total. The summed E-state index contributed by atoms with van der Waals surface area (Å²) in [5, 5.41) is 3.39. The van der Waals surface area contributed by atoms with Gasteiger partial charge in [-0.25, -0.2) is 0 Å². The third kappa shape index (κ3) is 9.80. The molecule has 0 spiro atoms. The average molecular weight is 1330 g/mol. The maximum absolute atomic E-state index is 12.7. The number of anilines is 6. The Morgan fingerprint density at radius 3 is 1.87 bits per heavy atom. The number of aryl methyl sites for hydroxylation is 2. The predicted octanol–water partition coefficient (Wildman–Crippen LogP) is 19.3. The second kappa shape index (κ2) is 20.9. The van der Waals surface area contributed by atoms with Crippen LogP contribution in [0, 0.1) is 31.8 Å². The van der Waals surface area contributed by atoms with Gasteiger partial charge in [0.2, 0.25) is 0 Å². The summed E-state index contributed by atoms with van der Waals surface area (Å²) in [6.07, 6.45) is 1.82. The Labute approximate surface area is 530 Å². The van der Waals surface area contributed by atoms with E-state index in [-0.39, 0.29) is 54.3 Å². The smallest absolute Gasteiger partial charge is 0.252 e. The summed E-state index contributed by atoms with van der Waals surface area (Å²) in [5.74, 6) is -0.275. The molecule has 435 valence electrons. The quantitative estimate of drug-likeness (QED) is 0.100. The number of aromatic nitrogens is 3. The molecule has 3 aliphatic heterocycles. The van der Waals surface area contributed by atoms with Crippen LogP contribution in [0.5, 0.6) is 0 Å². The summed E-state index contributed by atoms with van der Waals surface area (Å²) in [7, 11) is 0. The number of hydrogen-bond donors (Lipinski definition) is 0. The van der Waals surface area contributed by atoms with Crippen molar-refractivity contribution < 1.29 is 24.5 Å². The van der Waals surface area contributed by atoms with Crippen molar-refractivity contribution in [3.8, 4) is 22.4 Å². The largest absolute Gasteiger partial charge is 0.333 e. The molecule has 6 heterocycles. The van der Waals surface area contributed by atoms with Crippen molar-refractivity contribution in [2.75, 3.05) is 9.80 Å². The summed E-state index contributed by atoms with van der Waals surface area (Å²) < 4.78 is 15.1. The van der Waals surface area contributed by atoms with Gasteiger partial charge < -0.3 is 19.2 Å². The predicted molar refractivity (Wildman–Crippen MR) is 363 cm³/mol. The van der Waals surface area contributed by atoms with E-state index < -0.39 is 0 Å². The molecule has 0 saturated carbocycles. The van der Waals surface area contributed by atoms with Crippen LogP contribution in [0.2, 0.25) is 0 Å². The fourth-order valence-electron chi connectivity index (χ4n) is 13.1. The minimum Gasteiger partial charge on any atom is -0.333 e. The minimum atomic E-state index is -0.275. The number of rotatable bonds is 3. The van der Waals surface area contributed by atoms with E-state index in [1.807, 2.05) is 43.9 Å². The minimum absolute atomic E-state index is 0. The molecule has 0 fully saturated rings. The number of pyridine rings is 2.